The van der Waals surface area contributed by atoms with Crippen LogP contribution in [0.1, 0.15) is 28.9 Å². The lowest BCUT2D eigenvalue weighted by Crippen LogP contribution is -2.44. The molecule has 144 valence electrons. The van der Waals surface area contributed by atoms with Gasteiger partial charge < -0.3 is 15.0 Å². The summed E-state index contributed by atoms with van der Waals surface area (Å²) in [5, 5.41) is 2.73. The van der Waals surface area contributed by atoms with Gasteiger partial charge in [-0.2, -0.15) is 0 Å². The summed E-state index contributed by atoms with van der Waals surface area (Å²) in [4.78, 5) is 29.3. The molecule has 0 spiro atoms. The molecule has 1 aromatic rings. The fourth-order valence-corrected chi connectivity index (χ4v) is 4.75. The summed E-state index contributed by atoms with van der Waals surface area (Å²) in [6, 6.07) is 3.59. The van der Waals surface area contributed by atoms with Gasteiger partial charge in [-0.25, -0.2) is 0 Å². The molecular formula is C18H26BrN3O3S. The van der Waals surface area contributed by atoms with E-state index >= 15 is 0 Å². The van der Waals surface area contributed by atoms with Gasteiger partial charge in [0.15, 0.2) is 0 Å². The van der Waals surface area contributed by atoms with Gasteiger partial charge in [0.05, 0.1) is 28.4 Å². The van der Waals surface area contributed by atoms with E-state index in [1.807, 2.05) is 11.0 Å². The molecular weight excluding hydrogens is 418 g/mol. The Morgan fingerprint density at radius 3 is 2.58 bits per heavy atom. The number of halogens is 1. The first-order valence-corrected chi connectivity index (χ1v) is 10.8. The van der Waals surface area contributed by atoms with Crippen molar-refractivity contribution in [2.75, 3.05) is 52.5 Å². The van der Waals surface area contributed by atoms with Crippen molar-refractivity contribution in [3.63, 3.8) is 0 Å². The number of nitrogens with zero attached hydrogens (tertiary/aromatic N) is 2. The highest BCUT2D eigenvalue weighted by Crippen LogP contribution is 2.22. The average molecular weight is 444 g/mol. The first-order valence-electron chi connectivity index (χ1n) is 9.23. The minimum absolute atomic E-state index is 0.0144. The number of morpholine rings is 1. The van der Waals surface area contributed by atoms with Crippen molar-refractivity contribution in [2.45, 2.75) is 19.3 Å². The third-order valence-electron chi connectivity index (χ3n) is 5.12. The van der Waals surface area contributed by atoms with Crippen molar-refractivity contribution in [3.05, 3.63) is 20.8 Å². The highest BCUT2D eigenvalue weighted by Gasteiger charge is 2.24. The van der Waals surface area contributed by atoms with Crippen LogP contribution < -0.4 is 5.32 Å². The first-order chi connectivity index (χ1) is 12.6. The van der Waals surface area contributed by atoms with Crippen LogP contribution in [0.5, 0.6) is 0 Å². The topological polar surface area (TPSA) is 61.9 Å². The van der Waals surface area contributed by atoms with Crippen LogP contribution in [0.15, 0.2) is 15.9 Å². The van der Waals surface area contributed by atoms with Crippen molar-refractivity contribution < 1.29 is 14.3 Å². The number of carbonyl (C=O) groups excluding carboxylic acids is 2. The summed E-state index contributed by atoms with van der Waals surface area (Å²) < 4.78 is 6.29. The predicted octanol–water partition coefficient (Wildman–Crippen LogP) is 2.20. The Kier molecular flexibility index (Phi) is 7.48. The number of rotatable bonds is 6. The first kappa shape index (κ1) is 19.8. The zero-order chi connectivity index (χ0) is 18.4. The quantitative estimate of drug-likeness (QED) is 0.731. The molecule has 2 fully saturated rings. The van der Waals surface area contributed by atoms with E-state index in [4.69, 9.17) is 4.74 Å². The summed E-state index contributed by atoms with van der Waals surface area (Å²) in [6.07, 6.45) is 3.32. The smallest absolute Gasteiger partial charge is 0.261 e. The summed E-state index contributed by atoms with van der Waals surface area (Å²) in [5.74, 6) is 0.523. The number of carbonyl (C=O) groups is 2. The molecule has 2 amide bonds. The van der Waals surface area contributed by atoms with Gasteiger partial charge in [0.2, 0.25) is 5.91 Å². The van der Waals surface area contributed by atoms with Crippen molar-refractivity contribution >= 4 is 39.1 Å². The Labute approximate surface area is 167 Å². The number of hydrogen-bond acceptors (Lipinski definition) is 5. The van der Waals surface area contributed by atoms with Crippen molar-refractivity contribution in [1.82, 2.24) is 15.1 Å². The van der Waals surface area contributed by atoms with Crippen LogP contribution in [-0.2, 0) is 9.53 Å². The molecule has 26 heavy (non-hydrogen) atoms. The number of nitrogens with one attached hydrogen (secondary N) is 1. The van der Waals surface area contributed by atoms with Crippen molar-refractivity contribution in [1.29, 1.82) is 0 Å². The van der Waals surface area contributed by atoms with E-state index in [0.29, 0.717) is 10.8 Å². The zero-order valence-electron chi connectivity index (χ0n) is 14.9. The lowest BCUT2D eigenvalue weighted by atomic mass is 9.93. The van der Waals surface area contributed by atoms with E-state index in [1.165, 1.54) is 17.8 Å². The fraction of sp³-hybridized carbons (Fsp3) is 0.667. The third-order valence-corrected chi connectivity index (χ3v) is 6.74. The van der Waals surface area contributed by atoms with E-state index in [-0.39, 0.29) is 18.4 Å². The zero-order valence-corrected chi connectivity index (χ0v) is 17.3. The van der Waals surface area contributed by atoms with Gasteiger partial charge in [-0.3, -0.25) is 14.5 Å². The van der Waals surface area contributed by atoms with Crippen LogP contribution in [0.2, 0.25) is 0 Å². The molecule has 2 aliphatic rings. The molecule has 0 aromatic carbocycles. The Hall–Kier alpha value is -0.960. The van der Waals surface area contributed by atoms with Gasteiger partial charge in [0.1, 0.15) is 0 Å². The third kappa shape index (κ3) is 5.77. The maximum Gasteiger partial charge on any atom is 0.261 e. The minimum atomic E-state index is -0.186. The molecule has 0 atom stereocenters. The Morgan fingerprint density at radius 1 is 1.19 bits per heavy atom. The Morgan fingerprint density at radius 2 is 1.92 bits per heavy atom. The van der Waals surface area contributed by atoms with Crippen molar-refractivity contribution in [2.24, 2.45) is 5.92 Å². The fourth-order valence-electron chi connectivity index (χ4n) is 3.45. The number of ether oxygens (including phenoxy) is 1. The Bertz CT molecular complexity index is 611. The standard InChI is InChI=1S/C18H26BrN3O3S/c19-16-2-1-15(26-16)18(24)20-13-17(23)22-7-4-14(5-8-22)3-6-21-9-11-25-12-10-21/h1-2,14H,3-13H2,(H,20,24). The number of thiophene rings is 1. The number of hydrogen-bond donors (Lipinski definition) is 1. The molecule has 3 rings (SSSR count). The molecule has 0 radical (unpaired) electrons. The van der Waals surface area contributed by atoms with Crippen LogP contribution in [-0.4, -0.2) is 74.1 Å². The van der Waals surface area contributed by atoms with Gasteiger partial charge in [0, 0.05) is 26.2 Å². The van der Waals surface area contributed by atoms with Gasteiger partial charge in [-0.1, -0.05) is 0 Å². The molecule has 2 aliphatic heterocycles. The molecule has 0 saturated carbocycles. The number of amides is 2. The van der Waals surface area contributed by atoms with Crippen LogP contribution in [0.25, 0.3) is 0 Å². The largest absolute Gasteiger partial charge is 0.379 e. The normalized spacial score (nSPS) is 19.5. The molecule has 0 unspecified atom stereocenters. The van der Waals surface area contributed by atoms with E-state index in [1.54, 1.807) is 6.07 Å². The highest BCUT2D eigenvalue weighted by atomic mass is 79.9. The summed E-state index contributed by atoms with van der Waals surface area (Å²) in [5.41, 5.74) is 0. The number of piperidine rings is 1. The van der Waals surface area contributed by atoms with E-state index in [2.05, 4.69) is 26.1 Å². The lowest BCUT2D eigenvalue weighted by Gasteiger charge is -2.34. The second-order valence-corrected chi connectivity index (χ2v) is 9.32. The molecule has 2 saturated heterocycles. The van der Waals surface area contributed by atoms with Crippen LogP contribution in [0, 0.1) is 5.92 Å². The SMILES string of the molecule is O=C(NCC(=O)N1CCC(CCN2CCOCC2)CC1)c1ccc(Br)s1. The minimum Gasteiger partial charge on any atom is -0.379 e. The molecule has 6 nitrogen and oxygen atoms in total. The van der Waals surface area contributed by atoms with Gasteiger partial charge in [0.25, 0.3) is 5.91 Å². The summed E-state index contributed by atoms with van der Waals surface area (Å²) in [7, 11) is 0. The van der Waals surface area contributed by atoms with E-state index in [9.17, 15) is 9.59 Å². The monoisotopic (exact) mass is 443 g/mol. The predicted molar refractivity (Wildman–Crippen MR) is 106 cm³/mol. The molecule has 3 heterocycles. The van der Waals surface area contributed by atoms with Gasteiger partial charge in [-0.15, -0.1) is 11.3 Å². The number of likely N-dealkylation sites (tertiary alicyclic amines) is 1. The highest BCUT2D eigenvalue weighted by molar-refractivity contribution is 9.11. The summed E-state index contributed by atoms with van der Waals surface area (Å²) in [6.45, 7) is 6.58. The van der Waals surface area contributed by atoms with Gasteiger partial charge >= 0.3 is 0 Å². The van der Waals surface area contributed by atoms with Crippen molar-refractivity contribution in [3.8, 4) is 0 Å². The average Bonchev–Trinajstić information content (AvgIpc) is 3.12. The molecule has 0 aliphatic carbocycles. The van der Waals surface area contributed by atoms with Crippen LogP contribution >= 0.6 is 27.3 Å². The summed E-state index contributed by atoms with van der Waals surface area (Å²) >= 11 is 4.71. The maximum atomic E-state index is 12.3. The van der Waals surface area contributed by atoms with Crippen LogP contribution in [0.3, 0.4) is 0 Å². The van der Waals surface area contributed by atoms with E-state index < -0.39 is 0 Å². The second-order valence-electron chi connectivity index (χ2n) is 6.85. The maximum absolute atomic E-state index is 12.3. The van der Waals surface area contributed by atoms with Gasteiger partial charge in [-0.05, 0) is 59.8 Å². The van der Waals surface area contributed by atoms with E-state index in [0.717, 1.165) is 62.6 Å². The second kappa shape index (κ2) is 9.82. The molecule has 0 bridgehead atoms. The Balaban J connectivity index is 1.33. The van der Waals surface area contributed by atoms with Crippen LogP contribution in [0.4, 0.5) is 0 Å². The molecule has 1 N–H and O–H groups in total. The molecule has 8 heteroatoms. The lowest BCUT2D eigenvalue weighted by molar-refractivity contribution is -0.131. The molecule has 1 aromatic heterocycles.